The van der Waals surface area contributed by atoms with E-state index >= 15 is 0 Å². The van der Waals surface area contributed by atoms with Crippen molar-refractivity contribution in [1.29, 1.82) is 0 Å². The number of nitrogens with zero attached hydrogens (tertiary/aromatic N) is 3. The van der Waals surface area contributed by atoms with Crippen LogP contribution >= 0.6 is 35.0 Å². The number of amidine groups is 1. The van der Waals surface area contributed by atoms with Gasteiger partial charge < -0.3 is 4.52 Å². The van der Waals surface area contributed by atoms with E-state index in [4.69, 9.17) is 27.7 Å². The Hall–Kier alpha value is -2.54. The summed E-state index contributed by atoms with van der Waals surface area (Å²) in [7, 11) is 0. The monoisotopic (exact) mass is 457 g/mol. The summed E-state index contributed by atoms with van der Waals surface area (Å²) in [5.74, 6) is 1.02. The van der Waals surface area contributed by atoms with Crippen LogP contribution < -0.4 is 4.90 Å². The fraction of sp³-hybridized carbons (Fsp3) is 0.136. The van der Waals surface area contributed by atoms with Gasteiger partial charge in [0.05, 0.1) is 27.2 Å². The largest absolute Gasteiger partial charge is 0.360 e. The number of benzene rings is 2. The van der Waals surface area contributed by atoms with Gasteiger partial charge in [-0.05, 0) is 49.8 Å². The molecule has 5 nitrogen and oxygen atoms in total. The van der Waals surface area contributed by atoms with Crippen LogP contribution in [0.2, 0.25) is 10.0 Å². The Bertz CT molecular complexity index is 1170. The van der Waals surface area contributed by atoms with Gasteiger partial charge in [0, 0.05) is 6.07 Å². The first kappa shape index (κ1) is 20.7. The highest BCUT2D eigenvalue weighted by Crippen LogP contribution is 2.32. The van der Waals surface area contributed by atoms with Crippen molar-refractivity contribution in [3.63, 3.8) is 0 Å². The molecule has 0 atom stereocenters. The third-order valence-corrected chi connectivity index (χ3v) is 6.09. The molecule has 1 amide bonds. The van der Waals surface area contributed by atoms with Crippen LogP contribution in [0.25, 0.3) is 6.08 Å². The fourth-order valence-electron chi connectivity index (χ4n) is 2.89. The lowest BCUT2D eigenvalue weighted by atomic mass is 10.2. The Morgan fingerprint density at radius 3 is 2.50 bits per heavy atom. The zero-order chi connectivity index (χ0) is 21.3. The molecule has 0 spiro atoms. The summed E-state index contributed by atoms with van der Waals surface area (Å²) >= 11 is 13.5. The highest BCUT2D eigenvalue weighted by Gasteiger charge is 2.32. The highest BCUT2D eigenvalue weighted by molar-refractivity contribution is 8.13. The lowest BCUT2D eigenvalue weighted by Gasteiger charge is -2.17. The average Bonchev–Trinajstić information content (AvgIpc) is 3.27. The lowest BCUT2D eigenvalue weighted by molar-refractivity contribution is -0.113. The van der Waals surface area contributed by atoms with Crippen molar-refractivity contribution >= 4 is 57.8 Å². The van der Waals surface area contributed by atoms with Crippen molar-refractivity contribution in [2.24, 2.45) is 4.99 Å². The lowest BCUT2D eigenvalue weighted by Crippen LogP contribution is -2.30. The Morgan fingerprint density at radius 2 is 1.83 bits per heavy atom. The minimum atomic E-state index is -0.207. The number of thioether (sulfide) groups is 1. The molecule has 1 aliphatic rings. The minimum absolute atomic E-state index is 0.207. The first-order chi connectivity index (χ1) is 14.4. The van der Waals surface area contributed by atoms with Crippen molar-refractivity contribution < 1.29 is 9.32 Å². The molecule has 1 aromatic heterocycles. The predicted octanol–water partition coefficient (Wildman–Crippen LogP) is 6.28. The van der Waals surface area contributed by atoms with Gasteiger partial charge in [-0.15, -0.1) is 0 Å². The fourth-order valence-corrected chi connectivity index (χ4v) is 4.09. The van der Waals surface area contributed by atoms with Gasteiger partial charge >= 0.3 is 0 Å². The molecule has 1 aliphatic heterocycles. The molecule has 4 rings (SSSR count). The number of hydrogen-bond donors (Lipinski definition) is 0. The zero-order valence-electron chi connectivity index (χ0n) is 16.2. The number of aliphatic imine (C=N–C) groups is 1. The van der Waals surface area contributed by atoms with Crippen LogP contribution in [0.15, 0.2) is 63.7 Å². The molecule has 0 fully saturated rings. The molecular formula is C22H17Cl2N3O2S. The van der Waals surface area contributed by atoms with Crippen LogP contribution in [0.1, 0.15) is 22.6 Å². The molecule has 0 saturated heterocycles. The Kier molecular flexibility index (Phi) is 5.99. The van der Waals surface area contributed by atoms with E-state index in [0.29, 0.717) is 26.7 Å². The van der Waals surface area contributed by atoms with E-state index in [1.165, 1.54) is 11.8 Å². The number of hydrogen-bond acceptors (Lipinski definition) is 5. The van der Waals surface area contributed by atoms with E-state index in [9.17, 15) is 4.79 Å². The molecule has 0 aliphatic carbocycles. The molecule has 30 heavy (non-hydrogen) atoms. The molecule has 0 saturated carbocycles. The molecule has 0 N–H and O–H groups in total. The van der Waals surface area contributed by atoms with E-state index in [2.05, 4.69) is 10.1 Å². The van der Waals surface area contributed by atoms with Crippen molar-refractivity contribution in [3.8, 4) is 0 Å². The molecule has 0 bridgehead atoms. The quantitative estimate of drug-likeness (QED) is 0.432. The first-order valence-corrected chi connectivity index (χ1v) is 10.9. The van der Waals surface area contributed by atoms with Crippen LogP contribution in [0.4, 0.5) is 5.69 Å². The third-order valence-electron chi connectivity index (χ3n) is 4.39. The smallest absolute Gasteiger partial charge is 0.283 e. The van der Waals surface area contributed by atoms with Gasteiger partial charge in [-0.2, -0.15) is 0 Å². The van der Waals surface area contributed by atoms with Crippen molar-refractivity contribution in [3.05, 3.63) is 86.9 Å². The second-order valence-corrected chi connectivity index (χ2v) is 8.55. The second-order valence-electron chi connectivity index (χ2n) is 6.80. The standard InChI is InChI=1S/C22H17Cl2N3O2S/c1-13-3-6-16(7-4-13)27-21(28)20(11-15-5-8-18(23)19(24)10-15)25-22(27)30-12-17-9-14(2)26-29-17/h3-11H,12H2,1-2H3/b20-11-. The van der Waals surface area contributed by atoms with Gasteiger partial charge in [0.2, 0.25) is 0 Å². The summed E-state index contributed by atoms with van der Waals surface area (Å²) in [6, 6.07) is 14.8. The molecule has 2 heterocycles. The summed E-state index contributed by atoms with van der Waals surface area (Å²) < 4.78 is 5.28. The summed E-state index contributed by atoms with van der Waals surface area (Å²) in [5, 5.41) is 5.36. The van der Waals surface area contributed by atoms with Crippen molar-refractivity contribution in [1.82, 2.24) is 5.16 Å². The Morgan fingerprint density at radius 1 is 1.07 bits per heavy atom. The molecule has 2 aromatic carbocycles. The first-order valence-electron chi connectivity index (χ1n) is 9.12. The highest BCUT2D eigenvalue weighted by atomic mass is 35.5. The summed E-state index contributed by atoms with van der Waals surface area (Å²) in [6.07, 6.45) is 1.71. The molecule has 8 heteroatoms. The minimum Gasteiger partial charge on any atom is -0.360 e. The average molecular weight is 458 g/mol. The maximum atomic E-state index is 13.2. The third kappa shape index (κ3) is 4.46. The molecule has 152 valence electrons. The van der Waals surface area contributed by atoms with Crippen LogP contribution in [-0.2, 0) is 10.5 Å². The van der Waals surface area contributed by atoms with Gasteiger partial charge in [0.15, 0.2) is 5.17 Å². The topological polar surface area (TPSA) is 58.7 Å². The summed E-state index contributed by atoms with van der Waals surface area (Å²) in [5.41, 5.74) is 3.75. The molecule has 3 aromatic rings. The number of amides is 1. The van der Waals surface area contributed by atoms with E-state index in [0.717, 1.165) is 28.3 Å². The van der Waals surface area contributed by atoms with Crippen molar-refractivity contribution in [2.45, 2.75) is 19.6 Å². The van der Waals surface area contributed by atoms with Crippen molar-refractivity contribution in [2.75, 3.05) is 4.90 Å². The second kappa shape index (κ2) is 8.68. The van der Waals surface area contributed by atoms with Gasteiger partial charge in [-0.25, -0.2) is 4.99 Å². The van der Waals surface area contributed by atoms with E-state index < -0.39 is 0 Å². The van der Waals surface area contributed by atoms with Gasteiger partial charge in [-0.3, -0.25) is 9.69 Å². The number of halogens is 2. The van der Waals surface area contributed by atoms with E-state index in [1.807, 2.05) is 44.2 Å². The van der Waals surface area contributed by atoms with Gasteiger partial charge in [0.25, 0.3) is 5.91 Å². The number of rotatable bonds is 4. The van der Waals surface area contributed by atoms with Crippen LogP contribution in [0.5, 0.6) is 0 Å². The molecular weight excluding hydrogens is 441 g/mol. The summed E-state index contributed by atoms with van der Waals surface area (Å²) in [4.78, 5) is 19.4. The Balaban J connectivity index is 1.67. The SMILES string of the molecule is Cc1ccc(N2C(=O)/C(=C/c3ccc(Cl)c(Cl)c3)N=C2SCc2cc(C)no2)cc1. The number of carbonyl (C=O) groups excluding carboxylic acids is 1. The maximum absolute atomic E-state index is 13.2. The van der Waals surface area contributed by atoms with Gasteiger partial charge in [0.1, 0.15) is 11.5 Å². The predicted molar refractivity (Wildman–Crippen MR) is 123 cm³/mol. The van der Waals surface area contributed by atoms with Crippen LogP contribution in [-0.4, -0.2) is 16.2 Å². The van der Waals surface area contributed by atoms with Crippen LogP contribution in [0.3, 0.4) is 0 Å². The number of anilines is 1. The Labute approximate surface area is 188 Å². The van der Waals surface area contributed by atoms with Crippen LogP contribution in [0, 0.1) is 13.8 Å². The number of carbonyl (C=O) groups is 1. The molecule has 0 radical (unpaired) electrons. The summed E-state index contributed by atoms with van der Waals surface area (Å²) in [6.45, 7) is 3.87. The zero-order valence-corrected chi connectivity index (χ0v) is 18.6. The van der Waals surface area contributed by atoms with E-state index in [-0.39, 0.29) is 5.91 Å². The normalized spacial score (nSPS) is 15.2. The maximum Gasteiger partial charge on any atom is 0.283 e. The number of aromatic nitrogens is 1. The molecule has 0 unspecified atom stereocenters. The number of aryl methyl sites for hydroxylation is 2. The van der Waals surface area contributed by atoms with Gasteiger partial charge in [-0.1, -0.05) is 63.9 Å². The van der Waals surface area contributed by atoms with E-state index in [1.54, 1.807) is 29.2 Å².